The van der Waals surface area contributed by atoms with Gasteiger partial charge in [-0.25, -0.2) is 0 Å². The van der Waals surface area contributed by atoms with E-state index >= 15 is 0 Å². The van der Waals surface area contributed by atoms with Gasteiger partial charge in [-0.2, -0.15) is 15.3 Å². The topological polar surface area (TPSA) is 84.2 Å². The van der Waals surface area contributed by atoms with Crippen molar-refractivity contribution in [3.63, 3.8) is 0 Å². The van der Waals surface area contributed by atoms with E-state index in [2.05, 4.69) is 15.3 Å². The number of nitrogens with zero attached hydrogens (tertiary/aromatic N) is 6. The molecule has 0 bridgehead atoms. The highest BCUT2D eigenvalue weighted by molar-refractivity contribution is 5.94. The summed E-state index contributed by atoms with van der Waals surface area (Å²) in [5, 5.41) is 11.9. The summed E-state index contributed by atoms with van der Waals surface area (Å²) in [5.41, 5.74) is 1.89. The highest BCUT2D eigenvalue weighted by atomic mass is 16.2. The molecule has 2 amide bonds. The Balaban J connectivity index is 1.51. The summed E-state index contributed by atoms with van der Waals surface area (Å²) >= 11 is 0. The normalized spacial score (nSPS) is 17.0. The molecule has 0 aromatic carbocycles. The van der Waals surface area contributed by atoms with Gasteiger partial charge in [-0.05, 0) is 25.0 Å². The van der Waals surface area contributed by atoms with E-state index < -0.39 is 0 Å². The second-order valence-electron chi connectivity index (χ2n) is 6.10. The lowest BCUT2D eigenvalue weighted by Crippen LogP contribution is -2.38. The first-order valence-corrected chi connectivity index (χ1v) is 8.14. The summed E-state index contributed by atoms with van der Waals surface area (Å²) in [6.07, 6.45) is 5.09. The summed E-state index contributed by atoms with van der Waals surface area (Å²) in [6, 6.07) is 3.47. The number of hydrogen-bond acceptors (Lipinski definition) is 5. The number of likely N-dealkylation sites (tertiary alicyclic amines) is 1. The van der Waals surface area contributed by atoms with E-state index in [1.54, 1.807) is 11.0 Å². The van der Waals surface area contributed by atoms with Crippen LogP contribution < -0.4 is 0 Å². The van der Waals surface area contributed by atoms with E-state index in [0.717, 1.165) is 31.6 Å². The first-order chi connectivity index (χ1) is 11.7. The number of carbonyl (C=O) groups is 2. The van der Waals surface area contributed by atoms with Gasteiger partial charge in [-0.1, -0.05) is 0 Å². The minimum absolute atomic E-state index is 0.00869. The molecule has 4 rings (SSSR count). The number of amides is 2. The second kappa shape index (κ2) is 6.03. The molecule has 0 radical (unpaired) electrons. The van der Waals surface area contributed by atoms with Gasteiger partial charge in [0.2, 0.25) is 0 Å². The van der Waals surface area contributed by atoms with E-state index in [1.165, 1.54) is 12.4 Å². The van der Waals surface area contributed by atoms with Crippen LogP contribution in [0.25, 0.3) is 0 Å². The molecule has 2 aliphatic rings. The zero-order valence-corrected chi connectivity index (χ0v) is 13.3. The second-order valence-corrected chi connectivity index (χ2v) is 6.10. The van der Waals surface area contributed by atoms with Crippen molar-refractivity contribution in [3.8, 4) is 0 Å². The van der Waals surface area contributed by atoms with Gasteiger partial charge in [0.25, 0.3) is 11.8 Å². The van der Waals surface area contributed by atoms with Gasteiger partial charge in [0.05, 0.1) is 36.7 Å². The first kappa shape index (κ1) is 14.8. The van der Waals surface area contributed by atoms with Gasteiger partial charge in [-0.15, -0.1) is 0 Å². The summed E-state index contributed by atoms with van der Waals surface area (Å²) in [7, 11) is 0. The zero-order chi connectivity index (χ0) is 16.5. The van der Waals surface area contributed by atoms with E-state index in [1.807, 2.05) is 15.6 Å². The maximum atomic E-state index is 12.5. The van der Waals surface area contributed by atoms with Crippen LogP contribution in [0.1, 0.15) is 39.4 Å². The minimum Gasteiger partial charge on any atom is -0.337 e. The fraction of sp³-hybridized carbons (Fsp3) is 0.438. The molecule has 2 aliphatic heterocycles. The molecule has 0 spiro atoms. The lowest BCUT2D eigenvalue weighted by Gasteiger charge is -2.27. The van der Waals surface area contributed by atoms with Crippen LogP contribution in [0, 0.1) is 0 Å². The summed E-state index contributed by atoms with van der Waals surface area (Å²) in [5.74, 6) is -0.0876. The predicted octanol–water partition coefficient (Wildman–Crippen LogP) is 0.565. The summed E-state index contributed by atoms with van der Waals surface area (Å²) < 4.78 is 1.83. The Bertz CT molecular complexity index is 766. The quantitative estimate of drug-likeness (QED) is 0.805. The van der Waals surface area contributed by atoms with E-state index in [9.17, 15) is 9.59 Å². The maximum absolute atomic E-state index is 12.5. The van der Waals surface area contributed by atoms with Crippen LogP contribution >= 0.6 is 0 Å². The highest BCUT2D eigenvalue weighted by Gasteiger charge is 2.27. The van der Waals surface area contributed by atoms with Crippen molar-refractivity contribution < 1.29 is 9.59 Å². The average Bonchev–Trinajstić information content (AvgIpc) is 3.30. The molecular formula is C16H18N6O2. The van der Waals surface area contributed by atoms with Crippen molar-refractivity contribution >= 4 is 11.8 Å². The molecule has 24 heavy (non-hydrogen) atoms. The van der Waals surface area contributed by atoms with Gasteiger partial charge in [0.15, 0.2) is 5.69 Å². The Kier molecular flexibility index (Phi) is 3.72. The Hall–Kier alpha value is -2.77. The molecule has 0 saturated carbocycles. The maximum Gasteiger partial charge on any atom is 0.274 e. The molecular weight excluding hydrogens is 308 g/mol. The van der Waals surface area contributed by atoms with Gasteiger partial charge in [0.1, 0.15) is 0 Å². The number of aromatic nitrogens is 4. The summed E-state index contributed by atoms with van der Waals surface area (Å²) in [4.78, 5) is 28.6. The van der Waals surface area contributed by atoms with Crippen LogP contribution in [-0.2, 0) is 13.1 Å². The van der Waals surface area contributed by atoms with Crippen molar-refractivity contribution in [2.45, 2.75) is 25.9 Å². The van der Waals surface area contributed by atoms with Crippen LogP contribution in [0.4, 0.5) is 0 Å². The lowest BCUT2D eigenvalue weighted by molar-refractivity contribution is 0.0703. The number of rotatable bonds is 2. The van der Waals surface area contributed by atoms with Gasteiger partial charge in [0, 0.05) is 19.6 Å². The first-order valence-electron chi connectivity index (χ1n) is 8.14. The van der Waals surface area contributed by atoms with Gasteiger partial charge < -0.3 is 9.80 Å². The van der Waals surface area contributed by atoms with Gasteiger partial charge >= 0.3 is 0 Å². The molecule has 124 valence electrons. The lowest BCUT2D eigenvalue weighted by atomic mass is 10.2. The molecule has 8 heteroatoms. The number of fused-ring (bicyclic) bond motifs is 1. The average molecular weight is 326 g/mol. The Morgan fingerprint density at radius 1 is 0.958 bits per heavy atom. The third kappa shape index (κ3) is 2.64. The zero-order valence-electron chi connectivity index (χ0n) is 13.3. The van der Waals surface area contributed by atoms with Crippen molar-refractivity contribution in [1.82, 2.24) is 29.8 Å². The molecule has 4 heterocycles. The van der Waals surface area contributed by atoms with Crippen LogP contribution in [0.15, 0.2) is 24.5 Å². The molecule has 2 aromatic heterocycles. The van der Waals surface area contributed by atoms with Crippen molar-refractivity contribution in [2.75, 3.05) is 19.6 Å². The van der Waals surface area contributed by atoms with E-state index in [4.69, 9.17) is 0 Å². The van der Waals surface area contributed by atoms with Gasteiger partial charge in [-0.3, -0.25) is 14.3 Å². The molecule has 1 fully saturated rings. The van der Waals surface area contributed by atoms with Crippen LogP contribution in [0.5, 0.6) is 0 Å². The number of hydrogen-bond donors (Lipinski definition) is 0. The predicted molar refractivity (Wildman–Crippen MR) is 84.1 cm³/mol. The Morgan fingerprint density at radius 2 is 1.79 bits per heavy atom. The molecule has 1 saturated heterocycles. The van der Waals surface area contributed by atoms with Crippen LogP contribution in [0.2, 0.25) is 0 Å². The molecule has 0 unspecified atom stereocenters. The van der Waals surface area contributed by atoms with Crippen LogP contribution in [-0.4, -0.2) is 61.2 Å². The standard InChI is InChI=1S/C16H18N6O2/c23-15(12-3-4-17-18-10-12)21-7-8-22-13(11-21)9-14(19-22)16(24)20-5-1-2-6-20/h3-4,9-10H,1-2,5-8,11H2. The monoisotopic (exact) mass is 326 g/mol. The fourth-order valence-corrected chi connectivity index (χ4v) is 3.23. The van der Waals surface area contributed by atoms with E-state index in [-0.39, 0.29) is 11.8 Å². The third-order valence-electron chi connectivity index (χ3n) is 4.53. The van der Waals surface area contributed by atoms with Crippen molar-refractivity contribution in [1.29, 1.82) is 0 Å². The SMILES string of the molecule is O=C(c1ccnnc1)N1CCn2nc(C(=O)N3CCCC3)cc2C1. The minimum atomic E-state index is -0.0789. The highest BCUT2D eigenvalue weighted by Crippen LogP contribution is 2.18. The molecule has 8 nitrogen and oxygen atoms in total. The van der Waals surface area contributed by atoms with Crippen LogP contribution in [0.3, 0.4) is 0 Å². The summed E-state index contributed by atoms with van der Waals surface area (Å²) in [6.45, 7) is 3.21. The molecule has 0 atom stereocenters. The Labute approximate surface area is 139 Å². The molecule has 0 aliphatic carbocycles. The largest absolute Gasteiger partial charge is 0.337 e. The van der Waals surface area contributed by atoms with Crippen molar-refractivity contribution in [2.24, 2.45) is 0 Å². The number of carbonyl (C=O) groups excluding carboxylic acids is 2. The molecule has 0 N–H and O–H groups in total. The Morgan fingerprint density at radius 3 is 2.54 bits per heavy atom. The fourth-order valence-electron chi connectivity index (χ4n) is 3.23. The smallest absolute Gasteiger partial charge is 0.274 e. The third-order valence-corrected chi connectivity index (χ3v) is 4.53. The van der Waals surface area contributed by atoms with Crippen molar-refractivity contribution in [3.05, 3.63) is 41.5 Å². The van der Waals surface area contributed by atoms with E-state index in [0.29, 0.717) is 30.9 Å². The molecule has 2 aromatic rings.